The Balaban J connectivity index is 2.35. The molecular weight excluding hydrogens is 210 g/mol. The predicted octanol–water partition coefficient (Wildman–Crippen LogP) is 3.61. The minimum atomic E-state index is 0.271. The second-order valence-corrected chi connectivity index (χ2v) is 3.90. The van der Waals surface area contributed by atoms with E-state index in [0.29, 0.717) is 0 Å². The van der Waals surface area contributed by atoms with E-state index in [4.69, 9.17) is 0 Å². The van der Waals surface area contributed by atoms with E-state index in [1.54, 1.807) is 12.3 Å². The monoisotopic (exact) mass is 221 g/mol. The Labute approximate surface area is 99.2 Å². The van der Waals surface area contributed by atoms with E-state index in [1.807, 2.05) is 48.5 Å². The Morgan fingerprint density at radius 2 is 1.65 bits per heavy atom. The lowest BCUT2D eigenvalue weighted by Crippen LogP contribution is -1.84. The summed E-state index contributed by atoms with van der Waals surface area (Å²) in [5, 5.41) is 10.6. The van der Waals surface area contributed by atoms with Crippen molar-refractivity contribution in [3.05, 3.63) is 60.8 Å². The second-order valence-electron chi connectivity index (χ2n) is 3.90. The van der Waals surface area contributed by atoms with Crippen molar-refractivity contribution < 1.29 is 5.11 Å². The Hall–Kier alpha value is -2.35. The standard InChI is InChI=1S/C15H11NO/c17-14-9-8-12(11-5-2-1-3-6-11)15-13(14)7-4-10-16-15/h1-10,17H. The van der Waals surface area contributed by atoms with Crippen LogP contribution in [-0.4, -0.2) is 10.1 Å². The fourth-order valence-corrected chi connectivity index (χ4v) is 2.01. The molecule has 2 aromatic carbocycles. The minimum Gasteiger partial charge on any atom is -0.507 e. The molecule has 3 rings (SSSR count). The Kier molecular flexibility index (Phi) is 2.26. The predicted molar refractivity (Wildman–Crippen MR) is 68.8 cm³/mol. The zero-order valence-corrected chi connectivity index (χ0v) is 9.17. The van der Waals surface area contributed by atoms with Gasteiger partial charge in [-0.2, -0.15) is 0 Å². The van der Waals surface area contributed by atoms with Gasteiger partial charge in [-0.25, -0.2) is 0 Å². The molecule has 0 unspecified atom stereocenters. The molecule has 0 bridgehead atoms. The van der Waals surface area contributed by atoms with Gasteiger partial charge in [0.15, 0.2) is 0 Å². The second kappa shape index (κ2) is 3.91. The van der Waals surface area contributed by atoms with Crippen molar-refractivity contribution in [3.63, 3.8) is 0 Å². The number of fused-ring (bicyclic) bond motifs is 1. The van der Waals surface area contributed by atoms with Crippen molar-refractivity contribution in [2.24, 2.45) is 0 Å². The zero-order chi connectivity index (χ0) is 11.7. The Bertz CT molecular complexity index is 662. The van der Waals surface area contributed by atoms with Crippen LogP contribution in [0.25, 0.3) is 22.0 Å². The fourth-order valence-electron chi connectivity index (χ4n) is 2.01. The molecule has 0 radical (unpaired) electrons. The molecule has 0 saturated heterocycles. The summed E-state index contributed by atoms with van der Waals surface area (Å²) >= 11 is 0. The number of hydrogen-bond acceptors (Lipinski definition) is 2. The molecule has 17 heavy (non-hydrogen) atoms. The number of aromatic hydroxyl groups is 1. The molecule has 1 N–H and O–H groups in total. The summed E-state index contributed by atoms with van der Waals surface area (Å²) in [5.41, 5.74) is 2.98. The van der Waals surface area contributed by atoms with Gasteiger partial charge in [0.2, 0.25) is 0 Å². The van der Waals surface area contributed by atoms with Crippen LogP contribution in [0.5, 0.6) is 5.75 Å². The number of phenols is 1. The normalized spacial score (nSPS) is 10.6. The first-order valence-electron chi connectivity index (χ1n) is 5.48. The van der Waals surface area contributed by atoms with Gasteiger partial charge in [0, 0.05) is 17.1 Å². The van der Waals surface area contributed by atoms with Gasteiger partial charge in [-0.3, -0.25) is 4.98 Å². The van der Waals surface area contributed by atoms with E-state index < -0.39 is 0 Å². The van der Waals surface area contributed by atoms with Gasteiger partial charge in [-0.1, -0.05) is 30.3 Å². The highest BCUT2D eigenvalue weighted by Gasteiger charge is 2.07. The summed E-state index contributed by atoms with van der Waals surface area (Å²) in [6.45, 7) is 0. The molecule has 0 atom stereocenters. The molecule has 0 amide bonds. The summed E-state index contributed by atoms with van der Waals surface area (Å²) < 4.78 is 0. The lowest BCUT2D eigenvalue weighted by Gasteiger charge is -2.07. The molecule has 1 heterocycles. The maximum absolute atomic E-state index is 9.80. The van der Waals surface area contributed by atoms with Crippen LogP contribution >= 0.6 is 0 Å². The molecule has 0 saturated carbocycles. The third kappa shape index (κ3) is 1.64. The third-order valence-electron chi connectivity index (χ3n) is 2.83. The Morgan fingerprint density at radius 1 is 0.824 bits per heavy atom. The average Bonchev–Trinajstić information content (AvgIpc) is 2.41. The van der Waals surface area contributed by atoms with Gasteiger partial charge in [0.1, 0.15) is 5.75 Å². The summed E-state index contributed by atoms with van der Waals surface area (Å²) in [6.07, 6.45) is 1.74. The number of pyridine rings is 1. The summed E-state index contributed by atoms with van der Waals surface area (Å²) in [5.74, 6) is 0.271. The van der Waals surface area contributed by atoms with Gasteiger partial charge < -0.3 is 5.11 Å². The van der Waals surface area contributed by atoms with E-state index in [0.717, 1.165) is 22.0 Å². The van der Waals surface area contributed by atoms with E-state index in [1.165, 1.54) is 0 Å². The van der Waals surface area contributed by atoms with Crippen molar-refractivity contribution in [2.75, 3.05) is 0 Å². The minimum absolute atomic E-state index is 0.271. The number of rotatable bonds is 1. The van der Waals surface area contributed by atoms with Crippen molar-refractivity contribution >= 4 is 10.9 Å². The molecule has 3 aromatic rings. The average molecular weight is 221 g/mol. The van der Waals surface area contributed by atoms with Crippen LogP contribution in [0.1, 0.15) is 0 Å². The highest BCUT2D eigenvalue weighted by atomic mass is 16.3. The van der Waals surface area contributed by atoms with Crippen molar-refractivity contribution in [1.82, 2.24) is 4.98 Å². The number of benzene rings is 2. The topological polar surface area (TPSA) is 33.1 Å². The molecule has 2 heteroatoms. The first kappa shape index (κ1) is 9.85. The van der Waals surface area contributed by atoms with Crippen LogP contribution in [0, 0.1) is 0 Å². The zero-order valence-electron chi connectivity index (χ0n) is 9.17. The number of hydrogen-bond donors (Lipinski definition) is 1. The van der Waals surface area contributed by atoms with Crippen LogP contribution in [-0.2, 0) is 0 Å². The maximum atomic E-state index is 9.80. The van der Waals surface area contributed by atoms with E-state index in [2.05, 4.69) is 4.98 Å². The highest BCUT2D eigenvalue weighted by molar-refractivity contribution is 5.96. The molecule has 0 fully saturated rings. The lowest BCUT2D eigenvalue weighted by molar-refractivity contribution is 0.481. The first-order chi connectivity index (χ1) is 8.36. The van der Waals surface area contributed by atoms with Crippen LogP contribution in [0.3, 0.4) is 0 Å². The number of phenolic OH excluding ortho intramolecular Hbond substituents is 1. The molecule has 0 aliphatic heterocycles. The summed E-state index contributed by atoms with van der Waals surface area (Å²) in [6, 6.07) is 17.4. The van der Waals surface area contributed by atoms with Crippen LogP contribution in [0.2, 0.25) is 0 Å². The van der Waals surface area contributed by atoms with E-state index >= 15 is 0 Å². The molecule has 0 aliphatic rings. The van der Waals surface area contributed by atoms with Crippen LogP contribution in [0.4, 0.5) is 0 Å². The summed E-state index contributed by atoms with van der Waals surface area (Å²) in [4.78, 5) is 4.36. The Morgan fingerprint density at radius 3 is 2.47 bits per heavy atom. The van der Waals surface area contributed by atoms with E-state index in [-0.39, 0.29) is 5.75 Å². The molecule has 2 nitrogen and oxygen atoms in total. The van der Waals surface area contributed by atoms with Crippen molar-refractivity contribution in [1.29, 1.82) is 0 Å². The van der Waals surface area contributed by atoms with Gasteiger partial charge >= 0.3 is 0 Å². The van der Waals surface area contributed by atoms with Gasteiger partial charge in [-0.05, 0) is 29.8 Å². The molecule has 1 aromatic heterocycles. The number of aromatic nitrogens is 1. The molecule has 82 valence electrons. The van der Waals surface area contributed by atoms with Crippen LogP contribution in [0.15, 0.2) is 60.8 Å². The summed E-state index contributed by atoms with van der Waals surface area (Å²) in [7, 11) is 0. The van der Waals surface area contributed by atoms with Crippen molar-refractivity contribution in [2.45, 2.75) is 0 Å². The smallest absolute Gasteiger partial charge is 0.125 e. The van der Waals surface area contributed by atoms with E-state index in [9.17, 15) is 5.11 Å². The van der Waals surface area contributed by atoms with Gasteiger partial charge in [0.25, 0.3) is 0 Å². The third-order valence-corrected chi connectivity index (χ3v) is 2.83. The molecule has 0 aliphatic carbocycles. The van der Waals surface area contributed by atoms with Gasteiger partial charge in [0.05, 0.1) is 5.52 Å². The highest BCUT2D eigenvalue weighted by Crippen LogP contribution is 2.31. The van der Waals surface area contributed by atoms with Crippen molar-refractivity contribution in [3.8, 4) is 16.9 Å². The number of nitrogens with zero attached hydrogens (tertiary/aromatic N) is 1. The van der Waals surface area contributed by atoms with Gasteiger partial charge in [-0.15, -0.1) is 0 Å². The molecule has 0 spiro atoms. The fraction of sp³-hybridized carbons (Fsp3) is 0. The lowest BCUT2D eigenvalue weighted by atomic mass is 10.0. The SMILES string of the molecule is Oc1ccc(-c2ccccc2)c2ncccc12. The maximum Gasteiger partial charge on any atom is 0.125 e. The molecular formula is C15H11NO. The first-order valence-corrected chi connectivity index (χ1v) is 5.48. The van der Waals surface area contributed by atoms with Crippen LogP contribution < -0.4 is 0 Å². The quantitative estimate of drug-likeness (QED) is 0.681. The largest absolute Gasteiger partial charge is 0.507 e.